The van der Waals surface area contributed by atoms with Crippen LogP contribution in [0.3, 0.4) is 0 Å². The Hall–Kier alpha value is -3.16. The van der Waals surface area contributed by atoms with E-state index in [0.717, 1.165) is 30.3 Å². The highest BCUT2D eigenvalue weighted by atomic mass is 19.1. The molecule has 0 atom stereocenters. The summed E-state index contributed by atoms with van der Waals surface area (Å²) >= 11 is 0. The SMILES string of the molecule is CC(C)N1CCc2cc(Nc3cc4cc(C5CC5)c(F)c(N)c4cn3)nn2CC1=O. The molecule has 1 aliphatic carbocycles. The Labute approximate surface area is 174 Å². The van der Waals surface area contributed by atoms with Crippen LogP contribution in [0.25, 0.3) is 10.8 Å². The maximum atomic E-state index is 14.5. The van der Waals surface area contributed by atoms with Gasteiger partial charge in [0, 0.05) is 42.4 Å². The molecule has 30 heavy (non-hydrogen) atoms. The molecule has 2 aliphatic rings. The third kappa shape index (κ3) is 3.26. The Bertz CT molecular complexity index is 1150. The highest BCUT2D eigenvalue weighted by molar-refractivity contribution is 5.95. The van der Waals surface area contributed by atoms with Crippen LogP contribution in [0, 0.1) is 5.82 Å². The van der Waals surface area contributed by atoms with Crippen molar-refractivity contribution in [2.24, 2.45) is 0 Å². The van der Waals surface area contributed by atoms with E-state index in [1.54, 1.807) is 10.9 Å². The van der Waals surface area contributed by atoms with Crippen LogP contribution >= 0.6 is 0 Å². The summed E-state index contributed by atoms with van der Waals surface area (Å²) in [6.07, 6.45) is 4.36. The summed E-state index contributed by atoms with van der Waals surface area (Å²) < 4.78 is 16.3. The molecular formula is C22H25FN6O. The number of pyridine rings is 1. The molecule has 0 saturated heterocycles. The number of nitrogens with two attached hydrogens (primary N) is 1. The molecule has 1 aliphatic heterocycles. The number of amides is 1. The van der Waals surface area contributed by atoms with Gasteiger partial charge in [0.25, 0.3) is 0 Å². The molecule has 0 radical (unpaired) electrons. The lowest BCUT2D eigenvalue weighted by molar-refractivity contribution is -0.133. The topological polar surface area (TPSA) is 89.1 Å². The van der Waals surface area contributed by atoms with E-state index in [1.807, 2.05) is 36.9 Å². The van der Waals surface area contributed by atoms with E-state index in [1.165, 1.54) is 0 Å². The minimum absolute atomic E-state index is 0.0762. The zero-order valence-corrected chi connectivity index (χ0v) is 17.2. The summed E-state index contributed by atoms with van der Waals surface area (Å²) in [5.74, 6) is 1.28. The summed E-state index contributed by atoms with van der Waals surface area (Å²) in [6.45, 7) is 4.97. The van der Waals surface area contributed by atoms with Gasteiger partial charge >= 0.3 is 0 Å². The van der Waals surface area contributed by atoms with Gasteiger partial charge in [-0.25, -0.2) is 9.37 Å². The number of nitrogen functional groups attached to an aromatic ring is 1. The van der Waals surface area contributed by atoms with Crippen LogP contribution in [0.4, 0.5) is 21.7 Å². The average Bonchev–Trinajstić information content (AvgIpc) is 3.49. The van der Waals surface area contributed by atoms with Gasteiger partial charge in [-0.1, -0.05) is 0 Å². The van der Waals surface area contributed by atoms with Gasteiger partial charge in [-0.15, -0.1) is 0 Å². The Kier molecular flexibility index (Phi) is 4.38. The minimum atomic E-state index is -0.314. The van der Waals surface area contributed by atoms with Crippen LogP contribution in [0.1, 0.15) is 43.9 Å². The third-order valence-electron chi connectivity index (χ3n) is 6.00. The summed E-state index contributed by atoms with van der Waals surface area (Å²) in [6, 6.07) is 5.89. The van der Waals surface area contributed by atoms with Gasteiger partial charge in [0.2, 0.25) is 5.91 Å². The van der Waals surface area contributed by atoms with Crippen molar-refractivity contribution in [3.8, 4) is 0 Å². The lowest BCUT2D eigenvalue weighted by atomic mass is 10.0. The quantitative estimate of drug-likeness (QED) is 0.645. The molecule has 0 spiro atoms. The van der Waals surface area contributed by atoms with E-state index >= 15 is 0 Å². The molecule has 3 aromatic rings. The fraction of sp³-hybridized carbons (Fsp3) is 0.409. The number of benzene rings is 1. The zero-order valence-electron chi connectivity index (χ0n) is 17.2. The average molecular weight is 408 g/mol. The standard InChI is InChI=1S/C22H25FN6O/c1-12(2)28-6-5-15-9-19(27-29(15)11-20(28)30)26-18-8-14-7-16(13-3-4-13)21(23)22(24)17(14)10-25-18/h7-10,12-13H,3-6,11,24H2,1-2H3,(H,25,26,27). The number of anilines is 3. The fourth-order valence-corrected chi connectivity index (χ4v) is 4.19. The number of carbonyl (C=O) groups is 1. The predicted octanol–water partition coefficient (Wildman–Crippen LogP) is 3.57. The second kappa shape index (κ2) is 6.97. The Morgan fingerprint density at radius 3 is 2.77 bits per heavy atom. The summed E-state index contributed by atoms with van der Waals surface area (Å²) in [5, 5.41) is 9.24. The molecule has 156 valence electrons. The van der Waals surface area contributed by atoms with E-state index in [2.05, 4.69) is 15.4 Å². The maximum Gasteiger partial charge on any atom is 0.244 e. The van der Waals surface area contributed by atoms with Gasteiger partial charge in [0.15, 0.2) is 5.82 Å². The van der Waals surface area contributed by atoms with Crippen LogP contribution in [-0.4, -0.2) is 38.2 Å². The molecule has 3 heterocycles. The molecule has 0 unspecified atom stereocenters. The van der Waals surface area contributed by atoms with Crippen molar-refractivity contribution in [3.05, 3.63) is 41.5 Å². The molecule has 5 rings (SSSR count). The van der Waals surface area contributed by atoms with Crippen molar-refractivity contribution >= 4 is 34.0 Å². The zero-order chi connectivity index (χ0) is 21.0. The van der Waals surface area contributed by atoms with Crippen LogP contribution in [0.5, 0.6) is 0 Å². The lowest BCUT2D eigenvalue weighted by Gasteiger charge is -2.24. The number of nitrogens with zero attached hydrogens (tertiary/aromatic N) is 4. The number of hydrogen-bond acceptors (Lipinski definition) is 5. The van der Waals surface area contributed by atoms with Gasteiger partial charge < -0.3 is 16.0 Å². The maximum absolute atomic E-state index is 14.5. The first kappa shape index (κ1) is 18.8. The van der Waals surface area contributed by atoms with Crippen molar-refractivity contribution in [2.75, 3.05) is 17.6 Å². The Morgan fingerprint density at radius 1 is 1.23 bits per heavy atom. The molecule has 1 saturated carbocycles. The number of aromatic nitrogens is 3. The highest BCUT2D eigenvalue weighted by Crippen LogP contribution is 2.44. The van der Waals surface area contributed by atoms with Gasteiger partial charge in [-0.3, -0.25) is 9.48 Å². The first-order chi connectivity index (χ1) is 14.4. The number of rotatable bonds is 4. The van der Waals surface area contributed by atoms with Crippen LogP contribution in [0.2, 0.25) is 0 Å². The van der Waals surface area contributed by atoms with Crippen molar-refractivity contribution < 1.29 is 9.18 Å². The molecule has 1 fully saturated rings. The second-order valence-electron chi connectivity index (χ2n) is 8.49. The van der Waals surface area contributed by atoms with Gasteiger partial charge in [0.1, 0.15) is 18.2 Å². The lowest BCUT2D eigenvalue weighted by Crippen LogP contribution is -2.38. The van der Waals surface area contributed by atoms with Crippen LogP contribution in [-0.2, 0) is 17.8 Å². The van der Waals surface area contributed by atoms with Gasteiger partial charge in [-0.2, -0.15) is 5.10 Å². The molecule has 1 amide bonds. The van der Waals surface area contributed by atoms with Crippen molar-refractivity contribution in [1.82, 2.24) is 19.7 Å². The molecule has 3 N–H and O–H groups in total. The van der Waals surface area contributed by atoms with Crippen molar-refractivity contribution in [1.29, 1.82) is 0 Å². The number of halogens is 1. The second-order valence-corrected chi connectivity index (χ2v) is 8.49. The monoisotopic (exact) mass is 408 g/mol. The van der Waals surface area contributed by atoms with Crippen LogP contribution < -0.4 is 11.1 Å². The normalized spacial score (nSPS) is 16.8. The number of hydrogen-bond donors (Lipinski definition) is 2. The first-order valence-corrected chi connectivity index (χ1v) is 10.4. The molecule has 8 heteroatoms. The minimum Gasteiger partial charge on any atom is -0.396 e. The van der Waals surface area contributed by atoms with Crippen molar-refractivity contribution in [3.63, 3.8) is 0 Å². The Balaban J connectivity index is 1.42. The first-order valence-electron chi connectivity index (χ1n) is 10.4. The molecule has 2 aromatic heterocycles. The van der Waals surface area contributed by atoms with E-state index < -0.39 is 0 Å². The van der Waals surface area contributed by atoms with E-state index in [9.17, 15) is 9.18 Å². The van der Waals surface area contributed by atoms with Crippen molar-refractivity contribution in [2.45, 2.75) is 51.6 Å². The Morgan fingerprint density at radius 2 is 2.03 bits per heavy atom. The van der Waals surface area contributed by atoms with Gasteiger partial charge in [-0.05, 0) is 55.7 Å². The van der Waals surface area contributed by atoms with E-state index in [-0.39, 0.29) is 35.9 Å². The molecule has 7 nitrogen and oxygen atoms in total. The highest BCUT2D eigenvalue weighted by Gasteiger charge is 2.28. The number of nitrogens with one attached hydrogen (secondary N) is 1. The van der Waals surface area contributed by atoms with E-state index in [0.29, 0.717) is 29.1 Å². The largest absolute Gasteiger partial charge is 0.396 e. The van der Waals surface area contributed by atoms with Crippen LogP contribution in [0.15, 0.2) is 24.4 Å². The number of carbonyl (C=O) groups excluding carboxylic acids is 1. The molecular weight excluding hydrogens is 383 g/mol. The summed E-state index contributed by atoms with van der Waals surface area (Å²) in [7, 11) is 0. The fourth-order valence-electron chi connectivity index (χ4n) is 4.19. The summed E-state index contributed by atoms with van der Waals surface area (Å²) in [5.41, 5.74) is 7.89. The molecule has 1 aromatic carbocycles. The molecule has 0 bridgehead atoms. The third-order valence-corrected chi connectivity index (χ3v) is 6.00. The number of fused-ring (bicyclic) bond motifs is 2. The summed E-state index contributed by atoms with van der Waals surface area (Å²) in [4.78, 5) is 18.7. The smallest absolute Gasteiger partial charge is 0.244 e. The van der Waals surface area contributed by atoms with E-state index in [4.69, 9.17) is 5.73 Å². The predicted molar refractivity (Wildman–Crippen MR) is 114 cm³/mol. The van der Waals surface area contributed by atoms with Gasteiger partial charge in [0.05, 0.1) is 5.69 Å².